The highest BCUT2D eigenvalue weighted by Crippen LogP contribution is 2.25. The molecule has 0 aliphatic carbocycles. The number of carbonyl (C=O) groups excluding carboxylic acids is 2. The van der Waals surface area contributed by atoms with Gasteiger partial charge in [0, 0.05) is 35.4 Å². The third kappa shape index (κ3) is 6.12. The second-order valence-corrected chi connectivity index (χ2v) is 8.92. The predicted molar refractivity (Wildman–Crippen MR) is 146 cm³/mol. The predicted octanol–water partition coefficient (Wildman–Crippen LogP) is 5.64. The Bertz CT molecular complexity index is 1430. The van der Waals surface area contributed by atoms with Gasteiger partial charge >= 0.3 is 0 Å². The van der Waals surface area contributed by atoms with Gasteiger partial charge in [-0.3, -0.25) is 19.7 Å². The Hall–Kier alpha value is -4.79. The zero-order valence-electron chi connectivity index (χ0n) is 21.3. The normalized spacial score (nSPS) is 10.7. The first-order valence-corrected chi connectivity index (χ1v) is 12.4. The number of hydrogen-bond donors (Lipinski definition) is 1. The van der Waals surface area contributed by atoms with E-state index in [4.69, 9.17) is 5.10 Å². The maximum absolute atomic E-state index is 13.3. The molecule has 2 amide bonds. The first-order chi connectivity index (χ1) is 18.4. The number of carbonyl (C=O) groups is 2. The van der Waals surface area contributed by atoms with Crippen molar-refractivity contribution in [1.29, 1.82) is 0 Å². The molecule has 1 heterocycles. The monoisotopic (exact) mass is 511 g/mol. The molecule has 0 saturated heterocycles. The lowest BCUT2D eigenvalue weighted by molar-refractivity contribution is -0.385. The fourth-order valence-corrected chi connectivity index (χ4v) is 4.06. The molecule has 194 valence electrons. The highest BCUT2D eigenvalue weighted by molar-refractivity contribution is 5.99. The van der Waals surface area contributed by atoms with E-state index < -0.39 is 16.7 Å². The van der Waals surface area contributed by atoms with E-state index in [0.717, 1.165) is 17.7 Å². The van der Waals surface area contributed by atoms with Crippen LogP contribution in [0.2, 0.25) is 0 Å². The van der Waals surface area contributed by atoms with Crippen LogP contribution in [-0.4, -0.2) is 44.5 Å². The molecule has 0 fully saturated rings. The van der Waals surface area contributed by atoms with Gasteiger partial charge in [0.15, 0.2) is 0 Å². The van der Waals surface area contributed by atoms with E-state index in [2.05, 4.69) is 5.32 Å². The number of para-hydroxylation sites is 1. The van der Waals surface area contributed by atoms with E-state index in [-0.39, 0.29) is 17.8 Å². The van der Waals surface area contributed by atoms with E-state index in [1.54, 1.807) is 29.8 Å². The standard InChI is InChI=1S/C29H29N5O4/c1-3-4-17-32(29(36)23-16-15-21(2)26(18-23)34(37)38)20-28(35)30-27-19-25(22-11-7-5-8-12-22)31-33(27)24-13-9-6-10-14-24/h5-16,18-19H,3-4,17,20H2,1-2H3,(H,30,35). The van der Waals surface area contributed by atoms with Crippen molar-refractivity contribution in [3.8, 4) is 16.9 Å². The van der Waals surface area contributed by atoms with Gasteiger partial charge < -0.3 is 10.2 Å². The van der Waals surface area contributed by atoms with E-state index in [0.29, 0.717) is 30.0 Å². The molecule has 0 unspecified atom stereocenters. The number of rotatable bonds is 10. The zero-order valence-corrected chi connectivity index (χ0v) is 21.3. The number of unbranched alkanes of at least 4 members (excludes halogenated alkanes) is 1. The molecule has 4 aromatic rings. The molecule has 4 rings (SSSR count). The first kappa shape index (κ1) is 26.3. The Morgan fingerprint density at radius 2 is 1.68 bits per heavy atom. The number of aromatic nitrogens is 2. The fraction of sp³-hybridized carbons (Fsp3) is 0.207. The Labute approximate surface area is 220 Å². The van der Waals surface area contributed by atoms with E-state index in [1.165, 1.54) is 11.0 Å². The summed E-state index contributed by atoms with van der Waals surface area (Å²) in [6.07, 6.45) is 1.51. The highest BCUT2D eigenvalue weighted by Gasteiger charge is 2.23. The van der Waals surface area contributed by atoms with Crippen molar-refractivity contribution in [2.24, 2.45) is 0 Å². The summed E-state index contributed by atoms with van der Waals surface area (Å²) in [6.45, 7) is 3.75. The maximum Gasteiger partial charge on any atom is 0.273 e. The van der Waals surface area contributed by atoms with Crippen LogP contribution < -0.4 is 5.32 Å². The number of benzene rings is 3. The number of hydrogen-bond acceptors (Lipinski definition) is 5. The molecule has 0 aliphatic heterocycles. The Balaban J connectivity index is 1.60. The number of aryl methyl sites for hydroxylation is 1. The summed E-state index contributed by atoms with van der Waals surface area (Å²) >= 11 is 0. The lowest BCUT2D eigenvalue weighted by Gasteiger charge is -2.22. The molecule has 0 radical (unpaired) electrons. The van der Waals surface area contributed by atoms with E-state index >= 15 is 0 Å². The van der Waals surface area contributed by atoms with Gasteiger partial charge in [-0.05, 0) is 31.5 Å². The quantitative estimate of drug-likeness (QED) is 0.219. The molecule has 3 aromatic carbocycles. The molecular weight excluding hydrogens is 482 g/mol. The third-order valence-corrected chi connectivity index (χ3v) is 6.10. The molecule has 0 atom stereocenters. The van der Waals surface area contributed by atoms with Crippen LogP contribution in [0, 0.1) is 17.0 Å². The second kappa shape index (κ2) is 12.0. The van der Waals surface area contributed by atoms with Gasteiger partial charge in [0.2, 0.25) is 5.91 Å². The Morgan fingerprint density at radius 1 is 1.00 bits per heavy atom. The van der Waals surface area contributed by atoms with Crippen LogP contribution >= 0.6 is 0 Å². The van der Waals surface area contributed by atoms with Crippen LogP contribution in [0.4, 0.5) is 11.5 Å². The van der Waals surface area contributed by atoms with Gasteiger partial charge in [-0.15, -0.1) is 0 Å². The van der Waals surface area contributed by atoms with Crippen LogP contribution in [0.5, 0.6) is 0 Å². The summed E-state index contributed by atoms with van der Waals surface area (Å²) in [4.78, 5) is 38.8. The highest BCUT2D eigenvalue weighted by atomic mass is 16.6. The van der Waals surface area contributed by atoms with E-state index in [9.17, 15) is 19.7 Å². The Morgan fingerprint density at radius 3 is 2.34 bits per heavy atom. The fourth-order valence-electron chi connectivity index (χ4n) is 4.06. The number of amides is 2. The van der Waals surface area contributed by atoms with Crippen molar-refractivity contribution in [2.45, 2.75) is 26.7 Å². The van der Waals surface area contributed by atoms with E-state index in [1.807, 2.05) is 67.6 Å². The molecule has 1 N–H and O–H groups in total. The van der Waals surface area contributed by atoms with Gasteiger partial charge in [-0.1, -0.05) is 67.9 Å². The SMILES string of the molecule is CCCCN(CC(=O)Nc1cc(-c2ccccc2)nn1-c1ccccc1)C(=O)c1ccc(C)c([N+](=O)[O-])c1. The van der Waals surface area contributed by atoms with Crippen LogP contribution in [0.15, 0.2) is 84.9 Å². The molecular formula is C29H29N5O4. The second-order valence-electron chi connectivity index (χ2n) is 8.92. The van der Waals surface area contributed by atoms with Crippen LogP contribution in [0.3, 0.4) is 0 Å². The number of anilines is 1. The number of nitrogens with zero attached hydrogens (tertiary/aromatic N) is 4. The summed E-state index contributed by atoms with van der Waals surface area (Å²) < 4.78 is 1.65. The van der Waals surface area contributed by atoms with Crippen molar-refractivity contribution >= 4 is 23.3 Å². The van der Waals surface area contributed by atoms with Gasteiger partial charge in [0.25, 0.3) is 11.6 Å². The molecule has 0 saturated carbocycles. The van der Waals surface area contributed by atoms with Crippen molar-refractivity contribution in [3.63, 3.8) is 0 Å². The number of nitro groups is 1. The molecule has 0 spiro atoms. The summed E-state index contributed by atoms with van der Waals surface area (Å²) in [5.41, 5.74) is 2.88. The zero-order chi connectivity index (χ0) is 27.1. The third-order valence-electron chi connectivity index (χ3n) is 6.10. The summed E-state index contributed by atoms with van der Waals surface area (Å²) in [5, 5.41) is 19.0. The van der Waals surface area contributed by atoms with Gasteiger partial charge in [-0.2, -0.15) is 5.10 Å². The summed E-state index contributed by atoms with van der Waals surface area (Å²) in [6, 6.07) is 25.2. The van der Waals surface area contributed by atoms with Crippen molar-refractivity contribution in [2.75, 3.05) is 18.4 Å². The lowest BCUT2D eigenvalue weighted by atomic mass is 10.1. The van der Waals surface area contributed by atoms with Gasteiger partial charge in [0.1, 0.15) is 12.4 Å². The molecule has 9 heteroatoms. The van der Waals surface area contributed by atoms with Crippen LogP contribution in [-0.2, 0) is 4.79 Å². The molecule has 9 nitrogen and oxygen atoms in total. The first-order valence-electron chi connectivity index (χ1n) is 12.4. The topological polar surface area (TPSA) is 110 Å². The summed E-state index contributed by atoms with van der Waals surface area (Å²) in [5.74, 6) is -0.361. The van der Waals surface area contributed by atoms with Crippen molar-refractivity contribution < 1.29 is 14.5 Å². The van der Waals surface area contributed by atoms with Crippen LogP contribution in [0.25, 0.3) is 16.9 Å². The average molecular weight is 512 g/mol. The minimum Gasteiger partial charge on any atom is -0.329 e. The van der Waals surface area contributed by atoms with Gasteiger partial charge in [-0.25, -0.2) is 4.68 Å². The maximum atomic E-state index is 13.3. The molecule has 0 bridgehead atoms. The van der Waals surface area contributed by atoms with Gasteiger partial charge in [0.05, 0.1) is 16.3 Å². The number of nitrogens with one attached hydrogen (secondary N) is 1. The molecule has 1 aromatic heterocycles. The average Bonchev–Trinajstić information content (AvgIpc) is 3.35. The minimum absolute atomic E-state index is 0.129. The number of nitro benzene ring substituents is 1. The van der Waals surface area contributed by atoms with Crippen molar-refractivity contribution in [3.05, 3.63) is 106 Å². The van der Waals surface area contributed by atoms with Crippen LogP contribution in [0.1, 0.15) is 35.7 Å². The summed E-state index contributed by atoms with van der Waals surface area (Å²) in [7, 11) is 0. The van der Waals surface area contributed by atoms with Crippen molar-refractivity contribution in [1.82, 2.24) is 14.7 Å². The largest absolute Gasteiger partial charge is 0.329 e. The lowest BCUT2D eigenvalue weighted by Crippen LogP contribution is -2.39. The minimum atomic E-state index is -0.510. The Kier molecular flexibility index (Phi) is 8.27. The molecule has 38 heavy (non-hydrogen) atoms. The smallest absolute Gasteiger partial charge is 0.273 e. The molecule has 0 aliphatic rings.